The number of nitrogens with one attached hydrogen (secondary N) is 2. The van der Waals surface area contributed by atoms with Crippen molar-refractivity contribution in [3.63, 3.8) is 0 Å². The molecular formula is C32H41F2N7O5S. The quantitative estimate of drug-likeness (QED) is 0.331. The van der Waals surface area contributed by atoms with Crippen molar-refractivity contribution < 1.29 is 32.1 Å². The zero-order chi connectivity index (χ0) is 34.7. The molecule has 3 heterocycles. The first-order chi connectivity index (χ1) is 21.8. The van der Waals surface area contributed by atoms with Gasteiger partial charge in [-0.3, -0.25) is 14.3 Å². The van der Waals surface area contributed by atoms with Crippen molar-refractivity contribution in [2.75, 3.05) is 29.6 Å². The molecule has 0 spiro atoms. The van der Waals surface area contributed by atoms with Crippen LogP contribution in [-0.4, -0.2) is 73.8 Å². The van der Waals surface area contributed by atoms with Gasteiger partial charge in [-0.15, -0.1) is 0 Å². The number of benzene rings is 1. The Morgan fingerprint density at radius 1 is 1.15 bits per heavy atom. The Kier molecular flexibility index (Phi) is 10.4. The molecule has 1 aliphatic heterocycles. The summed E-state index contributed by atoms with van der Waals surface area (Å²) in [4.78, 5) is 45.3. The van der Waals surface area contributed by atoms with Crippen LogP contribution in [0.5, 0.6) is 0 Å². The first kappa shape index (κ1) is 35.5. The molecule has 0 unspecified atom stereocenters. The molecule has 3 aromatic rings. The average molecular weight is 674 g/mol. The van der Waals surface area contributed by atoms with Crippen LogP contribution in [0.15, 0.2) is 52.1 Å². The number of nitrogens with zero attached hydrogens (tertiary/aromatic N) is 5. The molecule has 12 nitrogen and oxygen atoms in total. The predicted molar refractivity (Wildman–Crippen MR) is 175 cm³/mol. The molecule has 1 aromatic carbocycles. The molecule has 0 aliphatic carbocycles. The van der Waals surface area contributed by atoms with Gasteiger partial charge >= 0.3 is 6.09 Å². The van der Waals surface area contributed by atoms with E-state index in [-0.39, 0.29) is 47.8 Å². The van der Waals surface area contributed by atoms with Crippen LogP contribution >= 0.6 is 0 Å². The molecule has 0 bridgehead atoms. The minimum atomic E-state index is -3.31. The Morgan fingerprint density at radius 3 is 2.53 bits per heavy atom. The number of amides is 3. The van der Waals surface area contributed by atoms with E-state index in [4.69, 9.17) is 4.74 Å². The van der Waals surface area contributed by atoms with Crippen LogP contribution in [0.2, 0.25) is 0 Å². The third-order valence-corrected chi connectivity index (χ3v) is 9.13. The summed E-state index contributed by atoms with van der Waals surface area (Å²) in [6, 6.07) is 5.01. The molecule has 47 heavy (non-hydrogen) atoms. The Balaban J connectivity index is 1.64. The number of pyridine rings is 1. The van der Waals surface area contributed by atoms with Gasteiger partial charge in [-0.25, -0.2) is 22.8 Å². The Hall–Kier alpha value is -4.40. The molecule has 4 rings (SSSR count). The molecule has 2 aromatic heterocycles. The summed E-state index contributed by atoms with van der Waals surface area (Å²) in [6.45, 7) is 8.54. The summed E-state index contributed by atoms with van der Waals surface area (Å²) in [5, 5.41) is 9.43. The third kappa shape index (κ3) is 9.11. The van der Waals surface area contributed by atoms with Crippen molar-refractivity contribution in [2.45, 2.75) is 76.3 Å². The van der Waals surface area contributed by atoms with Crippen LogP contribution in [0.4, 0.5) is 25.1 Å². The van der Waals surface area contributed by atoms with Crippen LogP contribution in [0.1, 0.15) is 62.9 Å². The Bertz CT molecular complexity index is 1790. The summed E-state index contributed by atoms with van der Waals surface area (Å²) >= 11 is 0. The van der Waals surface area contributed by atoms with E-state index in [1.54, 1.807) is 75.0 Å². The number of ether oxygens (including phenoxy) is 1. The van der Waals surface area contributed by atoms with Crippen molar-refractivity contribution in [2.24, 2.45) is 11.4 Å². The van der Waals surface area contributed by atoms with Crippen LogP contribution in [-0.2, 0) is 26.3 Å². The van der Waals surface area contributed by atoms with Crippen LogP contribution in [0.3, 0.4) is 0 Å². The van der Waals surface area contributed by atoms with Gasteiger partial charge in [-0.2, -0.15) is 9.46 Å². The second-order valence-corrected chi connectivity index (χ2v) is 14.9. The van der Waals surface area contributed by atoms with Gasteiger partial charge in [-0.05, 0) is 64.8 Å². The summed E-state index contributed by atoms with van der Waals surface area (Å²) in [7, 11) is -1.54. The van der Waals surface area contributed by atoms with Crippen LogP contribution < -0.4 is 15.5 Å². The van der Waals surface area contributed by atoms with Gasteiger partial charge < -0.3 is 20.3 Å². The van der Waals surface area contributed by atoms with Gasteiger partial charge in [0, 0.05) is 73.3 Å². The van der Waals surface area contributed by atoms with E-state index in [0.717, 1.165) is 5.56 Å². The van der Waals surface area contributed by atoms with Crippen molar-refractivity contribution >= 4 is 39.1 Å². The van der Waals surface area contributed by atoms with Crippen LogP contribution in [0, 0.1) is 6.92 Å². The number of alkyl halides is 2. The van der Waals surface area contributed by atoms with Gasteiger partial charge in [0.25, 0.3) is 11.8 Å². The van der Waals surface area contributed by atoms with Gasteiger partial charge in [0.15, 0.2) is 0 Å². The fourth-order valence-electron chi connectivity index (χ4n) is 5.08. The summed E-state index contributed by atoms with van der Waals surface area (Å²) < 4.78 is 52.7. The molecule has 2 N–H and O–H groups in total. The lowest BCUT2D eigenvalue weighted by Crippen LogP contribution is -2.41. The van der Waals surface area contributed by atoms with Crippen molar-refractivity contribution in [3.8, 4) is 11.1 Å². The third-order valence-electron chi connectivity index (χ3n) is 7.48. The number of anilines is 2. The minimum absolute atomic E-state index is 0.0239. The second-order valence-electron chi connectivity index (χ2n) is 12.7. The Morgan fingerprint density at radius 2 is 1.87 bits per heavy atom. The van der Waals surface area contributed by atoms with Gasteiger partial charge in [0.1, 0.15) is 17.5 Å². The number of rotatable bonds is 7. The molecule has 15 heteroatoms. The van der Waals surface area contributed by atoms with Crippen molar-refractivity contribution in [3.05, 3.63) is 54.0 Å². The van der Waals surface area contributed by atoms with E-state index in [9.17, 15) is 27.4 Å². The summed E-state index contributed by atoms with van der Waals surface area (Å²) in [6.07, 6.45) is 5.15. The molecule has 1 aliphatic rings. The summed E-state index contributed by atoms with van der Waals surface area (Å²) in [5.74, 6) is -3.88. The fourth-order valence-corrected chi connectivity index (χ4v) is 6.36. The van der Waals surface area contributed by atoms with Gasteiger partial charge in [-0.1, -0.05) is 6.07 Å². The fraction of sp³-hybridized carbons (Fsp3) is 0.469. The molecule has 0 radical (unpaired) electrons. The SMILES string of the molecule is Cc1c(-c2cnn(C)c2)cnc(N2CCCC(F)(F)CC2)c1C(=O)Nc1cccc([S@@](C)(=O)=NC(=O)[C@@H](C)NC(=O)OC(C)(C)C)c1. The van der Waals surface area contributed by atoms with Gasteiger partial charge in [0.05, 0.1) is 21.5 Å². The minimum Gasteiger partial charge on any atom is -0.444 e. The van der Waals surface area contributed by atoms with Crippen LogP contribution in [0.25, 0.3) is 11.1 Å². The van der Waals surface area contributed by atoms with Gasteiger partial charge in [0.2, 0.25) is 5.92 Å². The lowest BCUT2D eigenvalue weighted by Gasteiger charge is -2.26. The monoisotopic (exact) mass is 673 g/mol. The molecule has 2 atom stereocenters. The number of carbonyl (C=O) groups excluding carboxylic acids is 3. The zero-order valence-electron chi connectivity index (χ0n) is 27.6. The first-order valence-corrected chi connectivity index (χ1v) is 17.1. The molecule has 3 amide bonds. The highest BCUT2D eigenvalue weighted by Crippen LogP contribution is 2.34. The first-order valence-electron chi connectivity index (χ1n) is 15.1. The lowest BCUT2D eigenvalue weighted by atomic mass is 9.99. The maximum absolute atomic E-state index is 14.2. The maximum atomic E-state index is 14.2. The molecule has 0 saturated carbocycles. The van der Waals surface area contributed by atoms with E-state index in [0.29, 0.717) is 17.7 Å². The van der Waals surface area contributed by atoms with Crippen molar-refractivity contribution in [1.29, 1.82) is 0 Å². The largest absolute Gasteiger partial charge is 0.444 e. The second kappa shape index (κ2) is 13.8. The highest BCUT2D eigenvalue weighted by Gasteiger charge is 2.34. The molecular weight excluding hydrogens is 632 g/mol. The van der Waals surface area contributed by atoms with E-state index < -0.39 is 45.2 Å². The molecule has 1 saturated heterocycles. The predicted octanol–water partition coefficient (Wildman–Crippen LogP) is 5.56. The number of aromatic nitrogens is 3. The average Bonchev–Trinajstić information content (AvgIpc) is 3.30. The zero-order valence-corrected chi connectivity index (χ0v) is 28.4. The number of alkyl carbamates (subject to hydrolysis) is 1. The van der Waals surface area contributed by atoms with Crippen molar-refractivity contribution in [1.82, 2.24) is 20.1 Å². The highest BCUT2D eigenvalue weighted by molar-refractivity contribution is 7.93. The summed E-state index contributed by atoms with van der Waals surface area (Å²) in [5.41, 5.74) is 1.67. The maximum Gasteiger partial charge on any atom is 0.408 e. The smallest absolute Gasteiger partial charge is 0.408 e. The van der Waals surface area contributed by atoms with E-state index in [1.165, 1.54) is 25.3 Å². The normalized spacial score (nSPS) is 16.7. The lowest BCUT2D eigenvalue weighted by molar-refractivity contribution is -0.119. The number of hydrogen-bond donors (Lipinski definition) is 2. The number of hydrogen-bond acceptors (Lipinski definition) is 8. The number of halogens is 2. The molecule has 254 valence electrons. The molecule has 1 fully saturated rings. The standard InChI is InChI=1S/C32H41F2N7O5S/c1-20-25(22-17-36-40(6)19-22)18-35-27(41-14-9-12-32(33,34)13-15-41)26(20)29(43)38-23-10-8-11-24(16-23)47(7,45)39-28(42)21(2)37-30(44)46-31(3,4)5/h8,10-11,16-19,21H,9,12-15H2,1-7H3,(H,37,44)(H,38,43)/t21-,47-/m1/s1. The number of aryl methyl sites for hydroxylation is 1. The number of carbonyl (C=O) groups is 3. The van der Waals surface area contributed by atoms with E-state index in [1.807, 2.05) is 0 Å². The Labute approximate surface area is 273 Å². The van der Waals surface area contributed by atoms with E-state index >= 15 is 0 Å². The van der Waals surface area contributed by atoms with E-state index in [2.05, 4.69) is 25.1 Å². The highest BCUT2D eigenvalue weighted by atomic mass is 32.2. The topological polar surface area (TPSA) is 148 Å².